The average Bonchev–Trinajstić information content (AvgIpc) is 3.22. The summed E-state index contributed by atoms with van der Waals surface area (Å²) in [6, 6.07) is 17.7. The first-order valence-corrected chi connectivity index (χ1v) is 11.6. The van der Waals surface area contributed by atoms with E-state index in [-0.39, 0.29) is 17.3 Å². The van der Waals surface area contributed by atoms with Gasteiger partial charge in [0.2, 0.25) is 0 Å². The lowest BCUT2D eigenvalue weighted by Gasteiger charge is -2.25. The summed E-state index contributed by atoms with van der Waals surface area (Å²) in [7, 11) is 1.53. The minimum atomic E-state index is -4.49. The van der Waals surface area contributed by atoms with Crippen LogP contribution < -0.4 is 9.47 Å². The number of amides is 1. The maximum atomic E-state index is 13.4. The fraction of sp³-hybridized carbons (Fsp3) is 0.259. The van der Waals surface area contributed by atoms with Gasteiger partial charge in [-0.1, -0.05) is 24.3 Å². The molecule has 36 heavy (non-hydrogen) atoms. The Kier molecular flexibility index (Phi) is 6.30. The van der Waals surface area contributed by atoms with Gasteiger partial charge in [0.25, 0.3) is 5.91 Å². The number of aliphatic imine (C=N–C) groups is 1. The average molecular weight is 496 g/mol. The zero-order valence-corrected chi connectivity index (χ0v) is 19.6. The molecular weight excluding hydrogens is 471 g/mol. The lowest BCUT2D eigenvalue weighted by Crippen LogP contribution is -2.37. The van der Waals surface area contributed by atoms with E-state index >= 15 is 0 Å². The molecule has 0 spiro atoms. The van der Waals surface area contributed by atoms with Crippen molar-refractivity contribution in [2.24, 2.45) is 4.99 Å². The minimum absolute atomic E-state index is 0.113. The van der Waals surface area contributed by atoms with Gasteiger partial charge in [-0.05, 0) is 48.9 Å². The summed E-state index contributed by atoms with van der Waals surface area (Å²) in [6.45, 7) is 2.00. The Morgan fingerprint density at radius 2 is 1.72 bits per heavy atom. The van der Waals surface area contributed by atoms with Crippen LogP contribution in [0.15, 0.2) is 71.7 Å². The zero-order valence-electron chi connectivity index (χ0n) is 19.6. The fourth-order valence-electron chi connectivity index (χ4n) is 4.47. The normalized spacial score (nSPS) is 15.6. The van der Waals surface area contributed by atoms with Gasteiger partial charge in [0.15, 0.2) is 5.75 Å². The van der Waals surface area contributed by atoms with E-state index in [1.54, 1.807) is 29.2 Å². The quantitative estimate of drug-likeness (QED) is 0.455. The monoisotopic (exact) mass is 495 g/mol. The first-order chi connectivity index (χ1) is 17.3. The van der Waals surface area contributed by atoms with Crippen LogP contribution in [0.25, 0.3) is 0 Å². The van der Waals surface area contributed by atoms with Crippen molar-refractivity contribution >= 4 is 17.4 Å². The van der Waals surface area contributed by atoms with E-state index < -0.39 is 11.7 Å². The van der Waals surface area contributed by atoms with Gasteiger partial charge in [0.05, 0.1) is 23.8 Å². The molecule has 2 heterocycles. The van der Waals surface area contributed by atoms with Crippen LogP contribution in [-0.4, -0.2) is 54.8 Å². The molecule has 0 radical (unpaired) electrons. The van der Waals surface area contributed by atoms with Crippen LogP contribution >= 0.6 is 0 Å². The molecule has 0 aromatic heterocycles. The van der Waals surface area contributed by atoms with Crippen molar-refractivity contribution in [1.29, 1.82) is 0 Å². The SMILES string of the molecule is COc1ccccc1C(=O)N1CCCN(C2=Nc3cc(C(F)(F)F)ccc3Oc3ccccc32)CC1. The van der Waals surface area contributed by atoms with Crippen molar-refractivity contribution in [3.05, 3.63) is 83.4 Å². The number of halogens is 3. The molecule has 0 unspecified atom stereocenters. The molecule has 0 saturated carbocycles. The summed E-state index contributed by atoms with van der Waals surface area (Å²) in [5, 5.41) is 0. The van der Waals surface area contributed by atoms with Crippen LogP contribution in [0.4, 0.5) is 18.9 Å². The Morgan fingerprint density at radius 3 is 2.53 bits per heavy atom. The van der Waals surface area contributed by atoms with E-state index in [1.807, 2.05) is 29.2 Å². The number of para-hydroxylation sites is 2. The summed E-state index contributed by atoms with van der Waals surface area (Å²) in [4.78, 5) is 21.7. The van der Waals surface area contributed by atoms with Gasteiger partial charge < -0.3 is 19.3 Å². The number of carbonyl (C=O) groups is 1. The molecule has 1 amide bonds. The topological polar surface area (TPSA) is 54.4 Å². The molecule has 3 aromatic rings. The number of ether oxygens (including phenoxy) is 2. The van der Waals surface area contributed by atoms with E-state index in [2.05, 4.69) is 4.99 Å². The van der Waals surface area contributed by atoms with Crippen molar-refractivity contribution in [3.8, 4) is 17.2 Å². The van der Waals surface area contributed by atoms with Crippen LogP contribution in [0.5, 0.6) is 17.2 Å². The fourth-order valence-corrected chi connectivity index (χ4v) is 4.47. The molecule has 1 saturated heterocycles. The number of rotatable bonds is 2. The number of amidine groups is 1. The molecule has 2 aliphatic heterocycles. The van der Waals surface area contributed by atoms with Crippen LogP contribution in [0.1, 0.15) is 27.9 Å². The van der Waals surface area contributed by atoms with E-state index in [0.29, 0.717) is 61.1 Å². The Morgan fingerprint density at radius 1 is 0.944 bits per heavy atom. The second-order valence-corrected chi connectivity index (χ2v) is 8.55. The highest BCUT2D eigenvalue weighted by molar-refractivity contribution is 6.04. The molecule has 0 bridgehead atoms. The molecule has 1 fully saturated rings. The highest BCUT2D eigenvalue weighted by Gasteiger charge is 2.33. The number of nitrogens with zero attached hydrogens (tertiary/aromatic N) is 3. The molecule has 0 aliphatic carbocycles. The lowest BCUT2D eigenvalue weighted by molar-refractivity contribution is -0.137. The highest BCUT2D eigenvalue weighted by atomic mass is 19.4. The molecular formula is C27H24F3N3O3. The molecule has 0 atom stereocenters. The van der Waals surface area contributed by atoms with E-state index in [4.69, 9.17) is 9.47 Å². The second kappa shape index (κ2) is 9.56. The standard InChI is InChI=1S/C27H24F3N3O3/c1-35-22-9-4-3-8-20(22)26(34)33-14-6-13-32(15-16-33)25-19-7-2-5-10-23(19)36-24-12-11-18(27(28,29)30)17-21(24)31-25/h2-5,7-12,17H,6,13-16H2,1H3. The first kappa shape index (κ1) is 23.7. The largest absolute Gasteiger partial charge is 0.496 e. The van der Waals surface area contributed by atoms with Crippen molar-refractivity contribution < 1.29 is 27.4 Å². The van der Waals surface area contributed by atoms with Gasteiger partial charge in [-0.2, -0.15) is 13.2 Å². The van der Waals surface area contributed by atoms with Crippen molar-refractivity contribution in [1.82, 2.24) is 9.80 Å². The molecule has 3 aromatic carbocycles. The summed E-state index contributed by atoms with van der Waals surface area (Å²) < 4.78 is 51.5. The predicted molar refractivity (Wildman–Crippen MR) is 129 cm³/mol. The number of fused-ring (bicyclic) bond motifs is 2. The second-order valence-electron chi connectivity index (χ2n) is 8.55. The Bertz CT molecular complexity index is 1320. The van der Waals surface area contributed by atoms with Crippen LogP contribution in [0.2, 0.25) is 0 Å². The Balaban J connectivity index is 1.47. The van der Waals surface area contributed by atoms with Crippen LogP contribution in [0, 0.1) is 0 Å². The number of methoxy groups -OCH3 is 1. The van der Waals surface area contributed by atoms with Crippen LogP contribution in [0.3, 0.4) is 0 Å². The van der Waals surface area contributed by atoms with Crippen molar-refractivity contribution in [3.63, 3.8) is 0 Å². The van der Waals surface area contributed by atoms with Crippen LogP contribution in [-0.2, 0) is 6.18 Å². The third-order valence-electron chi connectivity index (χ3n) is 6.28. The molecule has 9 heteroatoms. The van der Waals surface area contributed by atoms with E-state index in [9.17, 15) is 18.0 Å². The predicted octanol–water partition coefficient (Wildman–Crippen LogP) is 5.75. The van der Waals surface area contributed by atoms with Gasteiger partial charge in [-0.15, -0.1) is 0 Å². The zero-order chi connectivity index (χ0) is 25.3. The third kappa shape index (κ3) is 4.60. The minimum Gasteiger partial charge on any atom is -0.496 e. The summed E-state index contributed by atoms with van der Waals surface area (Å²) in [5.74, 6) is 1.69. The number of hydrogen-bond acceptors (Lipinski definition) is 5. The highest BCUT2D eigenvalue weighted by Crippen LogP contribution is 2.41. The third-order valence-corrected chi connectivity index (χ3v) is 6.28. The first-order valence-electron chi connectivity index (χ1n) is 11.6. The van der Waals surface area contributed by atoms with Gasteiger partial charge >= 0.3 is 6.18 Å². The van der Waals surface area contributed by atoms with Crippen molar-refractivity contribution in [2.75, 3.05) is 33.3 Å². The summed E-state index contributed by atoms with van der Waals surface area (Å²) in [5.41, 5.74) is 0.505. The number of carbonyl (C=O) groups excluding carboxylic acids is 1. The Hall–Kier alpha value is -4.01. The molecule has 5 rings (SSSR count). The van der Waals surface area contributed by atoms with Gasteiger partial charge in [0, 0.05) is 26.2 Å². The van der Waals surface area contributed by atoms with E-state index in [1.165, 1.54) is 13.2 Å². The smallest absolute Gasteiger partial charge is 0.416 e. The molecule has 0 N–H and O–H groups in total. The molecule has 6 nitrogen and oxygen atoms in total. The number of hydrogen-bond donors (Lipinski definition) is 0. The van der Waals surface area contributed by atoms with E-state index in [0.717, 1.165) is 12.1 Å². The van der Waals surface area contributed by atoms with Crippen molar-refractivity contribution in [2.45, 2.75) is 12.6 Å². The lowest BCUT2D eigenvalue weighted by atomic mass is 10.1. The summed E-state index contributed by atoms with van der Waals surface area (Å²) >= 11 is 0. The number of benzene rings is 3. The van der Waals surface area contributed by atoms with Gasteiger partial charge in [-0.3, -0.25) is 4.79 Å². The van der Waals surface area contributed by atoms with Gasteiger partial charge in [-0.25, -0.2) is 4.99 Å². The number of alkyl halides is 3. The molecule has 186 valence electrons. The summed E-state index contributed by atoms with van der Waals surface area (Å²) in [6.07, 6.45) is -3.83. The maximum absolute atomic E-state index is 13.4. The Labute approximate surface area is 206 Å². The van der Waals surface area contributed by atoms with Gasteiger partial charge in [0.1, 0.15) is 23.0 Å². The molecule has 2 aliphatic rings. The maximum Gasteiger partial charge on any atom is 0.416 e.